The van der Waals surface area contributed by atoms with Crippen LogP contribution in [0.1, 0.15) is 52.6 Å². The van der Waals surface area contributed by atoms with E-state index in [4.69, 9.17) is 0 Å². The number of benzene rings is 1. The lowest BCUT2D eigenvalue weighted by Crippen LogP contribution is -2.38. The van der Waals surface area contributed by atoms with E-state index in [1.807, 2.05) is 38.1 Å². The molecular formula is C18H21N3O3. The number of aromatic nitrogens is 2. The Morgan fingerprint density at radius 1 is 1.33 bits per heavy atom. The van der Waals surface area contributed by atoms with Gasteiger partial charge in [-0.15, -0.1) is 0 Å². The van der Waals surface area contributed by atoms with Crippen molar-refractivity contribution in [2.45, 2.75) is 45.3 Å². The average Bonchev–Trinajstić information content (AvgIpc) is 2.90. The van der Waals surface area contributed by atoms with Crippen molar-refractivity contribution in [1.29, 1.82) is 0 Å². The number of aliphatic hydroxyl groups excluding tert-OH is 1. The number of H-pyrrole nitrogens is 1. The monoisotopic (exact) mass is 327 g/mol. The van der Waals surface area contributed by atoms with Gasteiger partial charge in [0, 0.05) is 6.42 Å². The smallest absolute Gasteiger partial charge is 0.277 e. The predicted octanol–water partition coefficient (Wildman–Crippen LogP) is 1.28. The zero-order chi connectivity index (χ0) is 17.3. The van der Waals surface area contributed by atoms with Crippen molar-refractivity contribution in [3.05, 3.63) is 62.6 Å². The summed E-state index contributed by atoms with van der Waals surface area (Å²) < 4.78 is 0. The van der Waals surface area contributed by atoms with E-state index in [1.165, 1.54) is 0 Å². The summed E-state index contributed by atoms with van der Waals surface area (Å²) in [4.78, 5) is 24.9. The van der Waals surface area contributed by atoms with Crippen molar-refractivity contribution in [3.8, 4) is 0 Å². The number of hydrogen-bond donors (Lipinski definition) is 3. The van der Waals surface area contributed by atoms with Gasteiger partial charge in [0.05, 0.1) is 17.8 Å². The number of carbonyl (C=O) groups excluding carboxylic acids is 1. The van der Waals surface area contributed by atoms with Gasteiger partial charge in [0.25, 0.3) is 11.5 Å². The van der Waals surface area contributed by atoms with E-state index in [1.54, 1.807) is 0 Å². The maximum Gasteiger partial charge on any atom is 0.277 e. The highest BCUT2D eigenvalue weighted by atomic mass is 16.3. The van der Waals surface area contributed by atoms with Crippen LogP contribution in [0.25, 0.3) is 0 Å². The van der Waals surface area contributed by atoms with E-state index < -0.39 is 23.6 Å². The first-order valence-corrected chi connectivity index (χ1v) is 8.23. The molecule has 1 aliphatic carbocycles. The Hall–Kier alpha value is -2.47. The summed E-state index contributed by atoms with van der Waals surface area (Å²) in [6.45, 7) is 3.82. The van der Waals surface area contributed by atoms with E-state index in [-0.39, 0.29) is 5.56 Å². The van der Waals surface area contributed by atoms with Crippen LogP contribution in [0, 0.1) is 0 Å². The third-order valence-corrected chi connectivity index (χ3v) is 4.58. The quantitative estimate of drug-likeness (QED) is 0.788. The highest BCUT2D eigenvalue weighted by Gasteiger charge is 2.33. The zero-order valence-corrected chi connectivity index (χ0v) is 13.8. The highest BCUT2D eigenvalue weighted by molar-refractivity contribution is 5.95. The van der Waals surface area contributed by atoms with Crippen molar-refractivity contribution in [1.82, 2.24) is 15.5 Å². The van der Waals surface area contributed by atoms with Gasteiger partial charge >= 0.3 is 0 Å². The lowest BCUT2D eigenvalue weighted by molar-refractivity contribution is 0.0855. The van der Waals surface area contributed by atoms with Gasteiger partial charge in [-0.3, -0.25) is 9.59 Å². The molecule has 1 aromatic carbocycles. The second-order valence-corrected chi connectivity index (χ2v) is 5.98. The number of nitrogens with one attached hydrogen (secondary N) is 2. The van der Waals surface area contributed by atoms with Gasteiger partial charge in [-0.1, -0.05) is 38.1 Å². The third kappa shape index (κ3) is 2.73. The summed E-state index contributed by atoms with van der Waals surface area (Å²) >= 11 is 0. The van der Waals surface area contributed by atoms with E-state index in [0.717, 1.165) is 16.8 Å². The molecule has 3 N–H and O–H groups in total. The number of aromatic amines is 1. The molecule has 1 aliphatic rings. The molecule has 0 radical (unpaired) electrons. The van der Waals surface area contributed by atoms with E-state index in [0.29, 0.717) is 24.8 Å². The van der Waals surface area contributed by atoms with Crippen LogP contribution in [-0.4, -0.2) is 27.3 Å². The Morgan fingerprint density at radius 2 is 2.08 bits per heavy atom. The summed E-state index contributed by atoms with van der Waals surface area (Å²) in [5.74, 6) is -0.467. The molecule has 0 unspecified atom stereocenters. The summed E-state index contributed by atoms with van der Waals surface area (Å²) in [5.41, 5.74) is 2.90. The number of amides is 1. The molecule has 0 saturated carbocycles. The van der Waals surface area contributed by atoms with Gasteiger partial charge in [-0.25, -0.2) is 5.10 Å². The number of fused-ring (bicyclic) bond motifs is 1. The molecule has 1 amide bonds. The van der Waals surface area contributed by atoms with E-state index in [9.17, 15) is 14.7 Å². The fourth-order valence-corrected chi connectivity index (χ4v) is 3.40. The van der Waals surface area contributed by atoms with Crippen molar-refractivity contribution >= 4 is 5.91 Å². The predicted molar refractivity (Wildman–Crippen MR) is 90.0 cm³/mol. The van der Waals surface area contributed by atoms with Crippen LogP contribution in [0.3, 0.4) is 0 Å². The molecule has 0 spiro atoms. The van der Waals surface area contributed by atoms with Crippen molar-refractivity contribution < 1.29 is 9.90 Å². The molecule has 2 aromatic rings. The van der Waals surface area contributed by atoms with Gasteiger partial charge in [-0.05, 0) is 29.5 Å². The summed E-state index contributed by atoms with van der Waals surface area (Å²) in [6, 6.07) is 7.12. The van der Waals surface area contributed by atoms with Gasteiger partial charge in [0.15, 0.2) is 0 Å². The Labute approximate surface area is 139 Å². The third-order valence-electron chi connectivity index (χ3n) is 4.58. The van der Waals surface area contributed by atoms with Crippen molar-refractivity contribution in [3.63, 3.8) is 0 Å². The molecule has 0 fully saturated rings. The molecule has 3 rings (SSSR count). The maximum absolute atomic E-state index is 12.8. The van der Waals surface area contributed by atoms with Crippen LogP contribution in [-0.2, 0) is 19.3 Å². The van der Waals surface area contributed by atoms with Gasteiger partial charge < -0.3 is 10.4 Å². The van der Waals surface area contributed by atoms with Crippen molar-refractivity contribution in [2.24, 2.45) is 0 Å². The Morgan fingerprint density at radius 3 is 2.79 bits per heavy atom. The minimum absolute atomic E-state index is 0.0981. The highest BCUT2D eigenvalue weighted by Crippen LogP contribution is 2.31. The summed E-state index contributed by atoms with van der Waals surface area (Å²) in [7, 11) is 0. The van der Waals surface area contributed by atoms with E-state index >= 15 is 0 Å². The minimum Gasteiger partial charge on any atom is -0.390 e. The number of aryl methyl sites for hydroxylation is 1. The number of aliphatic hydroxyl groups is 1. The molecular weight excluding hydrogens is 306 g/mol. The molecule has 0 saturated heterocycles. The van der Waals surface area contributed by atoms with Gasteiger partial charge in [0.1, 0.15) is 5.56 Å². The van der Waals surface area contributed by atoms with Crippen molar-refractivity contribution in [2.75, 3.05) is 0 Å². The molecule has 126 valence electrons. The largest absolute Gasteiger partial charge is 0.390 e. The first-order valence-electron chi connectivity index (χ1n) is 8.23. The maximum atomic E-state index is 12.8. The Bertz CT molecular complexity index is 828. The Kier molecular flexibility index (Phi) is 4.49. The SMILES string of the molecule is CCc1n[nH]c(=O)c(C(=O)N[C@H]2c3ccccc3C[C@H]2O)c1CC. The number of hydrogen-bond acceptors (Lipinski definition) is 4. The first kappa shape index (κ1) is 16.4. The average molecular weight is 327 g/mol. The standard InChI is InChI=1S/C18H21N3O3/c1-3-11-13(4-2)20-21-18(24)15(11)17(23)19-16-12-8-6-5-7-10(12)9-14(16)22/h5-8,14,16,22H,3-4,9H2,1-2H3,(H,19,23)(H,21,24)/t14-,16+/m1/s1. The lowest BCUT2D eigenvalue weighted by Gasteiger charge is -2.19. The fourth-order valence-electron chi connectivity index (χ4n) is 3.40. The normalized spacial score (nSPS) is 19.1. The number of carbonyl (C=O) groups is 1. The second-order valence-electron chi connectivity index (χ2n) is 5.98. The fraction of sp³-hybridized carbons (Fsp3) is 0.389. The molecule has 6 heteroatoms. The lowest BCUT2D eigenvalue weighted by atomic mass is 10.0. The summed E-state index contributed by atoms with van der Waals surface area (Å²) in [5, 5.41) is 19.5. The van der Waals surface area contributed by atoms with E-state index in [2.05, 4.69) is 15.5 Å². The van der Waals surface area contributed by atoms with Gasteiger partial charge in [0.2, 0.25) is 0 Å². The zero-order valence-electron chi connectivity index (χ0n) is 13.8. The second kappa shape index (κ2) is 6.57. The van der Waals surface area contributed by atoms with Gasteiger partial charge in [-0.2, -0.15) is 5.10 Å². The van der Waals surface area contributed by atoms with Crippen LogP contribution >= 0.6 is 0 Å². The van der Waals surface area contributed by atoms with Crippen LogP contribution in [0.2, 0.25) is 0 Å². The molecule has 6 nitrogen and oxygen atoms in total. The van der Waals surface area contributed by atoms with Crippen LogP contribution in [0.5, 0.6) is 0 Å². The molecule has 1 aromatic heterocycles. The molecule has 2 atom stereocenters. The first-order chi connectivity index (χ1) is 11.6. The minimum atomic E-state index is -0.692. The van der Waals surface area contributed by atoms with Crippen LogP contribution in [0.4, 0.5) is 0 Å². The topological polar surface area (TPSA) is 95.1 Å². The van der Waals surface area contributed by atoms with Crippen LogP contribution in [0.15, 0.2) is 29.1 Å². The molecule has 1 heterocycles. The molecule has 0 aliphatic heterocycles. The number of rotatable bonds is 4. The Balaban J connectivity index is 1.96. The molecule has 0 bridgehead atoms. The molecule has 24 heavy (non-hydrogen) atoms. The number of nitrogens with zero attached hydrogens (tertiary/aromatic N) is 1. The summed E-state index contributed by atoms with van der Waals surface area (Å²) in [6.07, 6.45) is 0.985. The van der Waals surface area contributed by atoms with Crippen LogP contribution < -0.4 is 10.9 Å².